The smallest absolute Gasteiger partial charge is 0.311 e. The summed E-state index contributed by atoms with van der Waals surface area (Å²) in [6.45, 7) is 0. The highest BCUT2D eigenvalue weighted by atomic mass is 19.1. The Morgan fingerprint density at radius 2 is 2.00 bits per heavy atom. The van der Waals surface area contributed by atoms with Gasteiger partial charge in [-0.1, -0.05) is 0 Å². The number of benzene rings is 1. The maximum absolute atomic E-state index is 13.3. The molecular weight excluding hydrogens is 190 g/mol. The minimum Gasteiger partial charge on any atom is -0.481 e. The summed E-state index contributed by atoms with van der Waals surface area (Å²) in [4.78, 5) is 10.7. The zero-order chi connectivity index (χ0) is 10.3. The summed E-state index contributed by atoms with van der Waals surface area (Å²) in [5, 5.41) is 8.79. The van der Waals surface area contributed by atoms with Crippen molar-refractivity contribution >= 4 is 5.97 Å². The monoisotopic (exact) mass is 198 g/mol. The second-order valence-electron chi connectivity index (χ2n) is 3.35. The van der Waals surface area contributed by atoms with E-state index in [0.717, 1.165) is 12.1 Å². The summed E-state index contributed by atoms with van der Waals surface area (Å²) in [5.41, 5.74) is 0.245. The van der Waals surface area contributed by atoms with Gasteiger partial charge in [0.2, 0.25) is 0 Å². The Balaban J connectivity index is 2.58. The van der Waals surface area contributed by atoms with Crippen LogP contribution in [-0.2, 0) is 11.2 Å². The first kappa shape index (κ1) is 9.12. The van der Waals surface area contributed by atoms with Gasteiger partial charge in [-0.15, -0.1) is 0 Å². The third-order valence-electron chi connectivity index (χ3n) is 2.58. The van der Waals surface area contributed by atoms with Crippen molar-refractivity contribution in [2.24, 2.45) is 0 Å². The standard InChI is InChI=1S/C10H8F2O2/c11-7-3-4-8(12)9-5(7)1-2-6(9)10(13)14/h3-4,6H,1-2H2,(H,13,14). The Labute approximate surface area is 79.2 Å². The molecule has 74 valence electrons. The molecule has 2 rings (SSSR count). The lowest BCUT2D eigenvalue weighted by molar-refractivity contribution is -0.138. The number of fused-ring (bicyclic) bond motifs is 1. The average molecular weight is 198 g/mol. The van der Waals surface area contributed by atoms with Crippen LogP contribution in [0.1, 0.15) is 23.5 Å². The van der Waals surface area contributed by atoms with Crippen molar-refractivity contribution in [3.8, 4) is 0 Å². The lowest BCUT2D eigenvalue weighted by Crippen LogP contribution is -2.09. The molecule has 0 bridgehead atoms. The molecule has 1 aromatic rings. The molecule has 0 saturated heterocycles. The highest BCUT2D eigenvalue weighted by Crippen LogP contribution is 2.36. The molecule has 0 radical (unpaired) electrons. The molecule has 4 heteroatoms. The Kier molecular flexibility index (Phi) is 1.98. The molecule has 1 aliphatic rings. The third kappa shape index (κ3) is 1.18. The van der Waals surface area contributed by atoms with Crippen molar-refractivity contribution in [2.45, 2.75) is 18.8 Å². The largest absolute Gasteiger partial charge is 0.481 e. The number of carbonyl (C=O) groups is 1. The van der Waals surface area contributed by atoms with Gasteiger partial charge >= 0.3 is 5.97 Å². The maximum Gasteiger partial charge on any atom is 0.311 e. The molecular formula is C10H8F2O2. The summed E-state index contributed by atoms with van der Waals surface area (Å²) in [7, 11) is 0. The lowest BCUT2D eigenvalue weighted by Gasteiger charge is -2.06. The fourth-order valence-electron chi connectivity index (χ4n) is 1.92. The van der Waals surface area contributed by atoms with E-state index in [1.165, 1.54) is 0 Å². The van der Waals surface area contributed by atoms with Gasteiger partial charge in [-0.3, -0.25) is 4.79 Å². The summed E-state index contributed by atoms with van der Waals surface area (Å²) in [5.74, 6) is -3.11. The predicted octanol–water partition coefficient (Wildman–Crippen LogP) is 2.08. The molecule has 1 atom stereocenters. The number of carboxylic acid groups (broad SMARTS) is 1. The van der Waals surface area contributed by atoms with Crippen LogP contribution in [0.2, 0.25) is 0 Å². The van der Waals surface area contributed by atoms with Crippen LogP contribution in [-0.4, -0.2) is 11.1 Å². The van der Waals surface area contributed by atoms with Gasteiger partial charge in [0.15, 0.2) is 0 Å². The van der Waals surface area contributed by atoms with Crippen molar-refractivity contribution in [1.82, 2.24) is 0 Å². The molecule has 1 unspecified atom stereocenters. The first-order valence-electron chi connectivity index (χ1n) is 4.31. The lowest BCUT2D eigenvalue weighted by atomic mass is 10.0. The number of aliphatic carboxylic acids is 1. The molecule has 0 heterocycles. The Morgan fingerprint density at radius 3 is 2.64 bits per heavy atom. The first-order chi connectivity index (χ1) is 6.61. The van der Waals surface area contributed by atoms with E-state index in [4.69, 9.17) is 5.11 Å². The van der Waals surface area contributed by atoms with E-state index in [-0.39, 0.29) is 17.5 Å². The molecule has 0 saturated carbocycles. The SMILES string of the molecule is O=C(O)C1CCc2c(F)ccc(F)c21. The average Bonchev–Trinajstić information content (AvgIpc) is 2.56. The number of hydrogen-bond donors (Lipinski definition) is 1. The second-order valence-corrected chi connectivity index (χ2v) is 3.35. The van der Waals surface area contributed by atoms with E-state index in [1.54, 1.807) is 0 Å². The number of carboxylic acids is 1. The molecule has 1 aliphatic carbocycles. The first-order valence-corrected chi connectivity index (χ1v) is 4.31. The molecule has 0 amide bonds. The zero-order valence-electron chi connectivity index (χ0n) is 7.26. The summed E-state index contributed by atoms with van der Waals surface area (Å²) >= 11 is 0. The summed E-state index contributed by atoms with van der Waals surface area (Å²) in [6, 6.07) is 2.02. The van der Waals surface area contributed by atoms with Crippen molar-refractivity contribution in [1.29, 1.82) is 0 Å². The van der Waals surface area contributed by atoms with Gasteiger partial charge in [-0.25, -0.2) is 8.78 Å². The maximum atomic E-state index is 13.3. The topological polar surface area (TPSA) is 37.3 Å². The highest BCUT2D eigenvalue weighted by molar-refractivity contribution is 5.78. The van der Waals surface area contributed by atoms with Gasteiger partial charge in [0.1, 0.15) is 11.6 Å². The molecule has 14 heavy (non-hydrogen) atoms. The fraction of sp³-hybridized carbons (Fsp3) is 0.300. The van der Waals surface area contributed by atoms with Crippen LogP contribution in [0.5, 0.6) is 0 Å². The van der Waals surface area contributed by atoms with Crippen molar-refractivity contribution in [2.75, 3.05) is 0 Å². The van der Waals surface area contributed by atoms with Crippen LogP contribution in [0.3, 0.4) is 0 Å². The molecule has 0 aliphatic heterocycles. The summed E-state index contributed by atoms with van der Waals surface area (Å²) in [6.07, 6.45) is 0.582. The normalized spacial score (nSPS) is 19.4. The quantitative estimate of drug-likeness (QED) is 0.750. The van der Waals surface area contributed by atoms with E-state index in [0.29, 0.717) is 6.42 Å². The van der Waals surface area contributed by atoms with Gasteiger partial charge in [0.05, 0.1) is 5.92 Å². The van der Waals surface area contributed by atoms with Gasteiger partial charge in [0, 0.05) is 5.56 Å². The molecule has 0 spiro atoms. The van der Waals surface area contributed by atoms with E-state index < -0.39 is 23.5 Å². The Bertz CT molecular complexity index is 401. The zero-order valence-corrected chi connectivity index (χ0v) is 7.26. The molecule has 0 fully saturated rings. The second kappa shape index (κ2) is 3.04. The Morgan fingerprint density at radius 1 is 1.36 bits per heavy atom. The third-order valence-corrected chi connectivity index (χ3v) is 2.58. The van der Waals surface area contributed by atoms with Gasteiger partial charge in [0.25, 0.3) is 0 Å². The van der Waals surface area contributed by atoms with Crippen LogP contribution in [0.4, 0.5) is 8.78 Å². The summed E-state index contributed by atoms with van der Waals surface area (Å²) < 4.78 is 26.4. The molecule has 1 aromatic carbocycles. The van der Waals surface area contributed by atoms with Crippen LogP contribution in [0, 0.1) is 11.6 Å². The van der Waals surface area contributed by atoms with E-state index in [1.807, 2.05) is 0 Å². The fourth-order valence-corrected chi connectivity index (χ4v) is 1.92. The van der Waals surface area contributed by atoms with E-state index in [2.05, 4.69) is 0 Å². The molecule has 1 N–H and O–H groups in total. The van der Waals surface area contributed by atoms with Crippen molar-refractivity contribution in [3.05, 3.63) is 34.9 Å². The number of hydrogen-bond acceptors (Lipinski definition) is 1. The molecule has 0 aromatic heterocycles. The van der Waals surface area contributed by atoms with E-state index >= 15 is 0 Å². The molecule has 2 nitrogen and oxygen atoms in total. The number of rotatable bonds is 1. The van der Waals surface area contributed by atoms with Gasteiger partial charge in [-0.05, 0) is 30.5 Å². The minimum atomic E-state index is -1.09. The van der Waals surface area contributed by atoms with Gasteiger partial charge < -0.3 is 5.11 Å². The van der Waals surface area contributed by atoms with Gasteiger partial charge in [-0.2, -0.15) is 0 Å². The van der Waals surface area contributed by atoms with Crippen molar-refractivity contribution in [3.63, 3.8) is 0 Å². The van der Waals surface area contributed by atoms with Crippen molar-refractivity contribution < 1.29 is 18.7 Å². The Hall–Kier alpha value is -1.45. The van der Waals surface area contributed by atoms with E-state index in [9.17, 15) is 13.6 Å². The van der Waals surface area contributed by atoms with Crippen LogP contribution < -0.4 is 0 Å². The predicted molar refractivity (Wildman–Crippen MR) is 45.1 cm³/mol. The number of halogens is 2. The van der Waals surface area contributed by atoms with Crippen LogP contribution in [0.15, 0.2) is 12.1 Å². The highest BCUT2D eigenvalue weighted by Gasteiger charge is 2.33. The van der Waals surface area contributed by atoms with Crippen LogP contribution in [0.25, 0.3) is 0 Å². The van der Waals surface area contributed by atoms with Crippen LogP contribution >= 0.6 is 0 Å². The minimum absolute atomic E-state index is 0.0255.